The van der Waals surface area contributed by atoms with Crippen LogP contribution in [-0.2, 0) is 13.0 Å². The van der Waals surface area contributed by atoms with Gasteiger partial charge in [-0.15, -0.1) is 0 Å². The van der Waals surface area contributed by atoms with E-state index in [-0.39, 0.29) is 6.61 Å². The monoisotopic (exact) mass is 293 g/mol. The van der Waals surface area contributed by atoms with Gasteiger partial charge in [0.1, 0.15) is 12.1 Å². The summed E-state index contributed by atoms with van der Waals surface area (Å²) in [5.74, 6) is 0.876. The lowest BCUT2D eigenvalue weighted by Gasteiger charge is -2.09. The van der Waals surface area contributed by atoms with E-state index < -0.39 is 0 Å². The van der Waals surface area contributed by atoms with Crippen LogP contribution in [0.25, 0.3) is 10.9 Å². The van der Waals surface area contributed by atoms with Crippen molar-refractivity contribution in [3.05, 3.63) is 65.5 Å². The van der Waals surface area contributed by atoms with Gasteiger partial charge in [0.05, 0.1) is 12.1 Å². The summed E-state index contributed by atoms with van der Waals surface area (Å²) in [5.41, 5.74) is 4.32. The van der Waals surface area contributed by atoms with Crippen LogP contribution in [0, 0.1) is 6.92 Å². The van der Waals surface area contributed by atoms with Crippen molar-refractivity contribution in [2.75, 3.05) is 11.9 Å². The second-order valence-electron chi connectivity index (χ2n) is 5.34. The lowest BCUT2D eigenvalue weighted by molar-refractivity contribution is 0.282. The molecule has 0 fully saturated rings. The molecule has 0 radical (unpaired) electrons. The minimum Gasteiger partial charge on any atom is -0.392 e. The molecule has 0 unspecified atom stereocenters. The Bertz CT molecular complexity index is 769. The zero-order valence-corrected chi connectivity index (χ0v) is 12.6. The third-order valence-corrected chi connectivity index (χ3v) is 3.78. The lowest BCUT2D eigenvalue weighted by atomic mass is 10.1. The number of aliphatic hydroxyl groups is 1. The highest BCUT2D eigenvalue weighted by Crippen LogP contribution is 2.21. The Hall–Kier alpha value is -2.46. The highest BCUT2D eigenvalue weighted by Gasteiger charge is 2.04. The van der Waals surface area contributed by atoms with Crippen molar-refractivity contribution in [1.82, 2.24) is 9.97 Å². The number of aryl methyl sites for hydroxylation is 1. The van der Waals surface area contributed by atoms with Gasteiger partial charge in [-0.25, -0.2) is 9.97 Å². The number of benzene rings is 2. The number of fused-ring (bicyclic) bond motifs is 1. The van der Waals surface area contributed by atoms with Crippen molar-refractivity contribution in [1.29, 1.82) is 0 Å². The first-order chi connectivity index (χ1) is 10.8. The molecular formula is C18H19N3O. The summed E-state index contributed by atoms with van der Waals surface area (Å²) in [7, 11) is 0. The minimum atomic E-state index is 0.0881. The van der Waals surface area contributed by atoms with E-state index >= 15 is 0 Å². The molecule has 1 heterocycles. The molecule has 0 aliphatic carbocycles. The van der Waals surface area contributed by atoms with Gasteiger partial charge in [0.15, 0.2) is 0 Å². The third-order valence-electron chi connectivity index (χ3n) is 3.78. The average Bonchev–Trinajstić information content (AvgIpc) is 2.56. The first-order valence-electron chi connectivity index (χ1n) is 7.41. The first-order valence-corrected chi connectivity index (χ1v) is 7.41. The lowest BCUT2D eigenvalue weighted by Crippen LogP contribution is -2.07. The van der Waals surface area contributed by atoms with E-state index in [0.29, 0.717) is 0 Å². The Morgan fingerprint density at radius 3 is 2.55 bits per heavy atom. The maximum absolute atomic E-state index is 9.05. The molecule has 2 N–H and O–H groups in total. The molecule has 112 valence electrons. The van der Waals surface area contributed by atoms with Crippen LogP contribution < -0.4 is 5.32 Å². The fourth-order valence-corrected chi connectivity index (χ4v) is 2.51. The molecule has 0 aliphatic heterocycles. The van der Waals surface area contributed by atoms with Crippen molar-refractivity contribution in [2.24, 2.45) is 0 Å². The van der Waals surface area contributed by atoms with E-state index in [0.717, 1.165) is 40.8 Å². The number of aliphatic hydroxyl groups excluding tert-OH is 1. The largest absolute Gasteiger partial charge is 0.392 e. The summed E-state index contributed by atoms with van der Waals surface area (Å²) in [6, 6.07) is 14.1. The molecule has 0 aliphatic rings. The van der Waals surface area contributed by atoms with Crippen LogP contribution in [0.2, 0.25) is 0 Å². The molecule has 1 aromatic heterocycles. The van der Waals surface area contributed by atoms with Crippen molar-refractivity contribution >= 4 is 16.7 Å². The Morgan fingerprint density at radius 1 is 1.00 bits per heavy atom. The van der Waals surface area contributed by atoms with Gasteiger partial charge in [-0.3, -0.25) is 0 Å². The van der Waals surface area contributed by atoms with Crippen LogP contribution in [0.3, 0.4) is 0 Å². The number of anilines is 1. The summed E-state index contributed by atoms with van der Waals surface area (Å²) >= 11 is 0. The van der Waals surface area contributed by atoms with Gasteiger partial charge in [0.2, 0.25) is 0 Å². The molecule has 0 saturated carbocycles. The second kappa shape index (κ2) is 6.54. The number of para-hydroxylation sites is 1. The van der Waals surface area contributed by atoms with Crippen molar-refractivity contribution < 1.29 is 5.11 Å². The summed E-state index contributed by atoms with van der Waals surface area (Å²) in [6.07, 6.45) is 2.51. The molecule has 2 aromatic carbocycles. The van der Waals surface area contributed by atoms with E-state index in [1.165, 1.54) is 5.56 Å². The van der Waals surface area contributed by atoms with Crippen molar-refractivity contribution in [3.63, 3.8) is 0 Å². The first kappa shape index (κ1) is 14.5. The normalized spacial score (nSPS) is 10.8. The van der Waals surface area contributed by atoms with Gasteiger partial charge in [0, 0.05) is 11.9 Å². The average molecular weight is 293 g/mol. The zero-order valence-electron chi connectivity index (χ0n) is 12.6. The van der Waals surface area contributed by atoms with Crippen LogP contribution in [0.4, 0.5) is 5.82 Å². The number of hydrogen-bond donors (Lipinski definition) is 2. The number of rotatable bonds is 5. The van der Waals surface area contributed by atoms with Crippen molar-refractivity contribution in [3.8, 4) is 0 Å². The molecule has 3 aromatic rings. The molecule has 22 heavy (non-hydrogen) atoms. The van der Waals surface area contributed by atoms with E-state index in [1.807, 2.05) is 24.3 Å². The van der Waals surface area contributed by atoms with E-state index in [4.69, 9.17) is 5.11 Å². The van der Waals surface area contributed by atoms with Gasteiger partial charge in [-0.05, 0) is 36.1 Å². The van der Waals surface area contributed by atoms with Gasteiger partial charge in [0.25, 0.3) is 0 Å². The second-order valence-corrected chi connectivity index (χ2v) is 5.34. The van der Waals surface area contributed by atoms with Crippen LogP contribution in [-0.4, -0.2) is 21.6 Å². The third kappa shape index (κ3) is 3.07. The molecule has 0 spiro atoms. The molecule has 0 amide bonds. The predicted molar refractivity (Wildman–Crippen MR) is 88.8 cm³/mol. The summed E-state index contributed by atoms with van der Waals surface area (Å²) in [6.45, 7) is 2.95. The molecule has 0 bridgehead atoms. The van der Waals surface area contributed by atoms with Crippen LogP contribution in [0.5, 0.6) is 0 Å². The zero-order chi connectivity index (χ0) is 15.4. The van der Waals surface area contributed by atoms with Crippen molar-refractivity contribution in [2.45, 2.75) is 20.0 Å². The van der Waals surface area contributed by atoms with Crippen LogP contribution in [0.1, 0.15) is 16.7 Å². The molecular weight excluding hydrogens is 274 g/mol. The quantitative estimate of drug-likeness (QED) is 0.759. The van der Waals surface area contributed by atoms with Gasteiger partial charge in [-0.2, -0.15) is 0 Å². The molecule has 4 nitrogen and oxygen atoms in total. The predicted octanol–water partition coefficient (Wildman–Crippen LogP) is 3.09. The number of nitrogens with one attached hydrogen (secondary N) is 1. The number of hydrogen-bond acceptors (Lipinski definition) is 4. The van der Waals surface area contributed by atoms with E-state index in [9.17, 15) is 0 Å². The van der Waals surface area contributed by atoms with E-state index in [1.54, 1.807) is 6.33 Å². The number of nitrogens with zero attached hydrogens (tertiary/aromatic N) is 2. The summed E-state index contributed by atoms with van der Waals surface area (Å²) < 4.78 is 0. The maximum atomic E-state index is 9.05. The van der Waals surface area contributed by atoms with E-state index in [2.05, 4.69) is 40.4 Å². The molecule has 4 heteroatoms. The molecule has 0 atom stereocenters. The van der Waals surface area contributed by atoms with Crippen LogP contribution >= 0.6 is 0 Å². The Balaban J connectivity index is 1.70. The minimum absolute atomic E-state index is 0.0881. The standard InChI is InChI=1S/C18H19N3O/c1-13-3-2-4-16-17(13)20-12-21-18(16)19-10-9-14-5-7-15(11-22)8-6-14/h2-8,12,22H,9-11H2,1H3,(H,19,20,21). The Morgan fingerprint density at radius 2 is 1.77 bits per heavy atom. The maximum Gasteiger partial charge on any atom is 0.137 e. The SMILES string of the molecule is Cc1cccc2c(NCCc3ccc(CO)cc3)ncnc12. The summed E-state index contributed by atoms with van der Waals surface area (Å²) in [5, 5.41) is 13.5. The molecule has 3 rings (SSSR count). The Kier molecular flexibility index (Phi) is 4.30. The topological polar surface area (TPSA) is 58.0 Å². The Labute approximate surface area is 129 Å². The van der Waals surface area contributed by atoms with Gasteiger partial charge < -0.3 is 10.4 Å². The fourth-order valence-electron chi connectivity index (χ4n) is 2.51. The van der Waals surface area contributed by atoms with Gasteiger partial charge >= 0.3 is 0 Å². The highest BCUT2D eigenvalue weighted by molar-refractivity contribution is 5.90. The summed E-state index contributed by atoms with van der Waals surface area (Å²) in [4.78, 5) is 8.70. The highest BCUT2D eigenvalue weighted by atomic mass is 16.3. The van der Waals surface area contributed by atoms with Crippen LogP contribution in [0.15, 0.2) is 48.8 Å². The molecule has 0 saturated heterocycles. The van der Waals surface area contributed by atoms with Gasteiger partial charge in [-0.1, -0.05) is 36.4 Å². The smallest absolute Gasteiger partial charge is 0.137 e. The number of aromatic nitrogens is 2. The fraction of sp³-hybridized carbons (Fsp3) is 0.222.